The zero-order chi connectivity index (χ0) is 7.73. The van der Waals surface area contributed by atoms with Crippen molar-refractivity contribution in [3.05, 3.63) is 0 Å². The molecule has 1 spiro atoms. The molecule has 0 aromatic heterocycles. The zero-order valence-corrected chi connectivity index (χ0v) is 8.10. The highest BCUT2D eigenvalue weighted by Gasteiger charge is 2.42. The third-order valence-electron chi connectivity index (χ3n) is 2.64. The summed E-state index contributed by atoms with van der Waals surface area (Å²) in [6.45, 7) is 2.75. The molecule has 2 nitrogen and oxygen atoms in total. The summed E-state index contributed by atoms with van der Waals surface area (Å²) >= 11 is 3.44. The van der Waals surface area contributed by atoms with Crippen LogP contribution in [-0.2, 0) is 9.47 Å². The molecule has 0 radical (unpaired) electrons. The van der Waals surface area contributed by atoms with Crippen molar-refractivity contribution in [1.29, 1.82) is 0 Å². The number of hydrogen-bond acceptors (Lipinski definition) is 2. The molecule has 2 heterocycles. The van der Waals surface area contributed by atoms with Crippen LogP contribution in [-0.4, -0.2) is 31.3 Å². The molecule has 0 aromatic carbocycles. The van der Waals surface area contributed by atoms with E-state index in [-0.39, 0.29) is 0 Å². The van der Waals surface area contributed by atoms with Crippen LogP contribution >= 0.6 is 15.9 Å². The predicted molar refractivity (Wildman–Crippen MR) is 46.0 cm³/mol. The van der Waals surface area contributed by atoms with Gasteiger partial charge < -0.3 is 9.47 Å². The lowest BCUT2D eigenvalue weighted by Crippen LogP contribution is -2.21. The smallest absolute Gasteiger partial charge is 0.0679 e. The van der Waals surface area contributed by atoms with Gasteiger partial charge in [0.2, 0.25) is 0 Å². The summed E-state index contributed by atoms with van der Waals surface area (Å²) < 4.78 is 11.0. The second kappa shape index (κ2) is 3.04. The maximum atomic E-state index is 5.61. The lowest BCUT2D eigenvalue weighted by Gasteiger charge is -2.17. The van der Waals surface area contributed by atoms with E-state index in [2.05, 4.69) is 15.9 Å². The van der Waals surface area contributed by atoms with Gasteiger partial charge in [0.1, 0.15) is 0 Å². The van der Waals surface area contributed by atoms with Gasteiger partial charge in [0, 0.05) is 17.4 Å². The summed E-state index contributed by atoms with van der Waals surface area (Å²) in [6.07, 6.45) is 2.80. The van der Waals surface area contributed by atoms with Gasteiger partial charge in [-0.15, -0.1) is 0 Å². The van der Waals surface area contributed by atoms with Crippen molar-refractivity contribution in [3.63, 3.8) is 0 Å². The molecule has 2 atom stereocenters. The predicted octanol–water partition coefficient (Wildman–Crippen LogP) is 1.58. The van der Waals surface area contributed by atoms with Crippen molar-refractivity contribution in [2.75, 3.05) is 25.2 Å². The van der Waals surface area contributed by atoms with E-state index in [1.165, 1.54) is 12.8 Å². The minimum absolute atomic E-state index is 0.387. The Balaban J connectivity index is 1.96. The fraction of sp³-hybridized carbons (Fsp3) is 1.00. The van der Waals surface area contributed by atoms with Crippen molar-refractivity contribution in [2.45, 2.75) is 18.9 Å². The maximum Gasteiger partial charge on any atom is 0.0679 e. The van der Waals surface area contributed by atoms with E-state index in [4.69, 9.17) is 9.47 Å². The summed E-state index contributed by atoms with van der Waals surface area (Å²) in [4.78, 5) is 0. The highest BCUT2D eigenvalue weighted by atomic mass is 79.9. The Morgan fingerprint density at radius 1 is 1.45 bits per heavy atom. The molecule has 0 bridgehead atoms. The second-order valence-corrected chi connectivity index (χ2v) is 4.24. The average Bonchev–Trinajstić information content (AvgIpc) is 2.62. The van der Waals surface area contributed by atoms with Crippen molar-refractivity contribution in [2.24, 2.45) is 5.41 Å². The van der Waals surface area contributed by atoms with Crippen molar-refractivity contribution >= 4 is 15.9 Å². The monoisotopic (exact) mass is 220 g/mol. The lowest BCUT2D eigenvalue weighted by molar-refractivity contribution is 0.0987. The molecule has 11 heavy (non-hydrogen) atoms. The molecule has 0 amide bonds. The summed E-state index contributed by atoms with van der Waals surface area (Å²) in [5, 5.41) is 0.967. The highest BCUT2D eigenvalue weighted by Crippen LogP contribution is 2.40. The van der Waals surface area contributed by atoms with E-state index in [0.717, 1.165) is 25.2 Å². The molecule has 2 rings (SSSR count). The molecular weight excluding hydrogens is 208 g/mol. The first-order valence-corrected chi connectivity index (χ1v) is 5.22. The molecule has 2 saturated heterocycles. The molecule has 0 aromatic rings. The molecule has 64 valence electrons. The molecule has 0 aliphatic carbocycles. The van der Waals surface area contributed by atoms with Gasteiger partial charge in [-0.25, -0.2) is 0 Å². The van der Waals surface area contributed by atoms with Crippen LogP contribution in [0.1, 0.15) is 12.8 Å². The fourth-order valence-electron chi connectivity index (χ4n) is 1.92. The Morgan fingerprint density at radius 2 is 2.36 bits per heavy atom. The van der Waals surface area contributed by atoms with Gasteiger partial charge in [-0.2, -0.15) is 0 Å². The summed E-state index contributed by atoms with van der Waals surface area (Å²) in [7, 11) is 0. The number of halogens is 1. The van der Waals surface area contributed by atoms with Gasteiger partial charge in [-0.1, -0.05) is 15.9 Å². The Labute approximate surface area is 75.4 Å². The standard InChI is InChI=1S/C8H13BrO2/c9-4-7-3-8(6-11-7)1-2-10-5-8/h7H,1-6H2/t7-,8-/m0/s1. The number of hydrogen-bond donors (Lipinski definition) is 0. The van der Waals surface area contributed by atoms with E-state index < -0.39 is 0 Å². The van der Waals surface area contributed by atoms with Gasteiger partial charge in [-0.05, 0) is 12.8 Å². The van der Waals surface area contributed by atoms with Crippen LogP contribution in [0.2, 0.25) is 0 Å². The zero-order valence-electron chi connectivity index (χ0n) is 6.51. The highest BCUT2D eigenvalue weighted by molar-refractivity contribution is 9.09. The van der Waals surface area contributed by atoms with Gasteiger partial charge in [-0.3, -0.25) is 0 Å². The van der Waals surface area contributed by atoms with Gasteiger partial charge >= 0.3 is 0 Å². The first kappa shape index (κ1) is 8.02. The third kappa shape index (κ3) is 1.46. The van der Waals surface area contributed by atoms with Crippen LogP contribution in [0.15, 0.2) is 0 Å². The second-order valence-electron chi connectivity index (χ2n) is 3.59. The molecule has 2 aliphatic heterocycles. The maximum absolute atomic E-state index is 5.61. The van der Waals surface area contributed by atoms with Crippen molar-refractivity contribution < 1.29 is 9.47 Å². The van der Waals surface area contributed by atoms with Crippen LogP contribution in [0.3, 0.4) is 0 Å². The SMILES string of the molecule is BrC[C@@H]1C[C@]2(CCOC2)CO1. The molecule has 2 aliphatic rings. The minimum Gasteiger partial charge on any atom is -0.381 e. The van der Waals surface area contributed by atoms with Gasteiger partial charge in [0.15, 0.2) is 0 Å². The van der Waals surface area contributed by atoms with Gasteiger partial charge in [0.05, 0.1) is 19.3 Å². The van der Waals surface area contributed by atoms with E-state index in [1.807, 2.05) is 0 Å². The number of alkyl halides is 1. The normalized spacial score (nSPS) is 43.9. The summed E-state index contributed by atoms with van der Waals surface area (Å²) in [5.41, 5.74) is 0.387. The molecule has 2 fully saturated rings. The molecule has 0 N–H and O–H groups in total. The van der Waals surface area contributed by atoms with Crippen LogP contribution in [0.4, 0.5) is 0 Å². The van der Waals surface area contributed by atoms with Crippen LogP contribution < -0.4 is 0 Å². The average molecular weight is 221 g/mol. The van der Waals surface area contributed by atoms with Crippen molar-refractivity contribution in [1.82, 2.24) is 0 Å². The summed E-state index contributed by atoms with van der Waals surface area (Å²) in [5.74, 6) is 0. The third-order valence-corrected chi connectivity index (χ3v) is 3.37. The first-order chi connectivity index (χ1) is 5.35. The Bertz CT molecular complexity index is 143. The molecular formula is C8H13BrO2. The molecule has 0 saturated carbocycles. The first-order valence-electron chi connectivity index (χ1n) is 4.10. The summed E-state index contributed by atoms with van der Waals surface area (Å²) in [6, 6.07) is 0. The van der Waals surface area contributed by atoms with Gasteiger partial charge in [0.25, 0.3) is 0 Å². The topological polar surface area (TPSA) is 18.5 Å². The quantitative estimate of drug-likeness (QED) is 0.626. The van der Waals surface area contributed by atoms with E-state index in [0.29, 0.717) is 11.5 Å². The van der Waals surface area contributed by atoms with E-state index in [1.54, 1.807) is 0 Å². The van der Waals surface area contributed by atoms with Crippen molar-refractivity contribution in [3.8, 4) is 0 Å². The number of rotatable bonds is 1. The lowest BCUT2D eigenvalue weighted by atomic mass is 9.85. The largest absolute Gasteiger partial charge is 0.381 e. The van der Waals surface area contributed by atoms with Crippen LogP contribution in [0, 0.1) is 5.41 Å². The molecule has 0 unspecified atom stereocenters. The Hall–Kier alpha value is 0.400. The van der Waals surface area contributed by atoms with Crippen LogP contribution in [0.25, 0.3) is 0 Å². The van der Waals surface area contributed by atoms with E-state index in [9.17, 15) is 0 Å². The van der Waals surface area contributed by atoms with E-state index >= 15 is 0 Å². The minimum atomic E-state index is 0.387. The van der Waals surface area contributed by atoms with Crippen LogP contribution in [0.5, 0.6) is 0 Å². The molecule has 3 heteroatoms. The number of ether oxygens (including phenoxy) is 2. The fourth-order valence-corrected chi connectivity index (χ4v) is 2.33. The Morgan fingerprint density at radius 3 is 2.91 bits per heavy atom. The Kier molecular flexibility index (Phi) is 2.21.